The Balaban J connectivity index is 1.68. The topological polar surface area (TPSA) is 63.4 Å². The fourth-order valence-corrected chi connectivity index (χ4v) is 2.55. The molecule has 3 rings (SSSR count). The van der Waals surface area contributed by atoms with Gasteiger partial charge in [-0.05, 0) is 33.0 Å². The van der Waals surface area contributed by atoms with Crippen molar-refractivity contribution in [2.45, 2.75) is 24.9 Å². The fourth-order valence-electron chi connectivity index (χ4n) is 2.55. The number of rotatable bonds is 2. The van der Waals surface area contributed by atoms with Gasteiger partial charge in [-0.15, -0.1) is 0 Å². The fraction of sp³-hybridized carbons (Fsp3) is 0.833. The third-order valence-electron chi connectivity index (χ3n) is 3.70. The molecule has 0 radical (unpaired) electrons. The Hall–Kier alpha value is -0.980. The van der Waals surface area contributed by atoms with Crippen molar-refractivity contribution in [3.8, 4) is 0 Å². The number of hydrogen-bond acceptors (Lipinski definition) is 6. The second-order valence-electron chi connectivity index (χ2n) is 5.14. The highest BCUT2D eigenvalue weighted by Crippen LogP contribution is 2.26. The molecule has 6 nitrogen and oxygen atoms in total. The van der Waals surface area contributed by atoms with Crippen molar-refractivity contribution in [2.75, 3.05) is 39.8 Å². The third kappa shape index (κ3) is 2.55. The molecule has 1 aromatic heterocycles. The maximum Gasteiger partial charge on any atom is 0.229 e. The van der Waals surface area contributed by atoms with Gasteiger partial charge in [-0.3, -0.25) is 0 Å². The van der Waals surface area contributed by atoms with Gasteiger partial charge in [0.05, 0.1) is 6.61 Å². The van der Waals surface area contributed by atoms with Crippen LogP contribution in [-0.2, 0) is 4.74 Å². The van der Waals surface area contributed by atoms with Gasteiger partial charge >= 0.3 is 0 Å². The Morgan fingerprint density at radius 3 is 2.94 bits per heavy atom. The van der Waals surface area contributed by atoms with Crippen molar-refractivity contribution >= 4 is 0 Å². The van der Waals surface area contributed by atoms with Crippen LogP contribution in [0.2, 0.25) is 0 Å². The number of aromatic nitrogens is 2. The van der Waals surface area contributed by atoms with Crippen LogP contribution in [0.5, 0.6) is 0 Å². The van der Waals surface area contributed by atoms with Crippen LogP contribution in [0, 0.1) is 0 Å². The summed E-state index contributed by atoms with van der Waals surface area (Å²) in [6, 6.07) is 0. The van der Waals surface area contributed by atoms with Gasteiger partial charge in [-0.1, -0.05) is 5.16 Å². The molecule has 1 atom stereocenters. The summed E-state index contributed by atoms with van der Waals surface area (Å²) in [5.41, 5.74) is 0. The van der Waals surface area contributed by atoms with E-state index in [-0.39, 0.29) is 6.10 Å². The third-order valence-corrected chi connectivity index (χ3v) is 3.70. The lowest BCUT2D eigenvalue weighted by Gasteiger charge is -2.27. The van der Waals surface area contributed by atoms with Gasteiger partial charge in [0.25, 0.3) is 0 Å². The minimum Gasteiger partial charge on any atom is -0.367 e. The van der Waals surface area contributed by atoms with E-state index in [1.54, 1.807) is 0 Å². The molecular formula is C12H20N4O2. The molecule has 100 valence electrons. The van der Waals surface area contributed by atoms with Crippen molar-refractivity contribution in [3.05, 3.63) is 11.7 Å². The molecule has 0 saturated carbocycles. The molecule has 1 unspecified atom stereocenters. The van der Waals surface area contributed by atoms with Crippen molar-refractivity contribution in [1.29, 1.82) is 0 Å². The van der Waals surface area contributed by atoms with Crippen LogP contribution in [0.4, 0.5) is 0 Å². The second kappa shape index (κ2) is 5.34. The minimum absolute atomic E-state index is 0.0389. The molecule has 0 spiro atoms. The SMILES string of the molecule is CN1CCOC(c2noc(C3CCNCC3)n2)C1. The predicted molar refractivity (Wildman–Crippen MR) is 65.3 cm³/mol. The van der Waals surface area contributed by atoms with Gasteiger partial charge in [0.2, 0.25) is 11.7 Å². The average molecular weight is 252 g/mol. The maximum atomic E-state index is 5.70. The first-order valence-electron chi connectivity index (χ1n) is 6.67. The van der Waals surface area contributed by atoms with Crippen LogP contribution in [0.15, 0.2) is 4.52 Å². The second-order valence-corrected chi connectivity index (χ2v) is 5.14. The van der Waals surface area contributed by atoms with Gasteiger partial charge < -0.3 is 19.5 Å². The van der Waals surface area contributed by atoms with Gasteiger partial charge in [-0.2, -0.15) is 4.98 Å². The lowest BCUT2D eigenvalue weighted by atomic mass is 9.98. The molecule has 2 fully saturated rings. The summed E-state index contributed by atoms with van der Waals surface area (Å²) in [5.74, 6) is 1.90. The van der Waals surface area contributed by atoms with Gasteiger partial charge in [-0.25, -0.2) is 0 Å². The van der Waals surface area contributed by atoms with Gasteiger partial charge in [0.15, 0.2) is 0 Å². The molecule has 0 bridgehead atoms. The summed E-state index contributed by atoms with van der Waals surface area (Å²) in [5, 5.41) is 7.43. The average Bonchev–Trinajstić information content (AvgIpc) is 2.89. The highest BCUT2D eigenvalue weighted by atomic mass is 16.5. The molecular weight excluding hydrogens is 232 g/mol. The van der Waals surface area contributed by atoms with Crippen molar-refractivity contribution in [2.24, 2.45) is 0 Å². The Morgan fingerprint density at radius 2 is 2.17 bits per heavy atom. The van der Waals surface area contributed by atoms with Crippen LogP contribution in [-0.4, -0.2) is 54.9 Å². The number of nitrogens with zero attached hydrogens (tertiary/aromatic N) is 3. The Kier molecular flexibility index (Phi) is 3.58. The summed E-state index contributed by atoms with van der Waals surface area (Å²) >= 11 is 0. The first-order valence-corrected chi connectivity index (χ1v) is 6.67. The standard InChI is InChI=1S/C12H20N4O2/c1-16-6-7-17-10(8-16)11-14-12(18-15-11)9-2-4-13-5-3-9/h9-10,13H,2-8H2,1H3. The van der Waals surface area contributed by atoms with E-state index in [4.69, 9.17) is 9.26 Å². The van der Waals surface area contributed by atoms with E-state index in [0.29, 0.717) is 11.7 Å². The maximum absolute atomic E-state index is 5.70. The Bertz CT molecular complexity index is 389. The molecule has 2 saturated heterocycles. The number of ether oxygens (including phenoxy) is 1. The summed E-state index contributed by atoms with van der Waals surface area (Å²) in [6.45, 7) is 4.61. The molecule has 0 amide bonds. The minimum atomic E-state index is -0.0389. The molecule has 0 aromatic carbocycles. The van der Waals surface area contributed by atoms with E-state index in [1.807, 2.05) is 0 Å². The largest absolute Gasteiger partial charge is 0.367 e. The summed E-state index contributed by atoms with van der Waals surface area (Å²) in [6.07, 6.45) is 2.11. The van der Waals surface area contributed by atoms with Crippen molar-refractivity contribution in [3.63, 3.8) is 0 Å². The molecule has 1 N–H and O–H groups in total. The summed E-state index contributed by atoms with van der Waals surface area (Å²) in [4.78, 5) is 6.77. The highest BCUT2D eigenvalue weighted by molar-refractivity contribution is 4.99. The number of piperidine rings is 1. The van der Waals surface area contributed by atoms with Crippen molar-refractivity contribution in [1.82, 2.24) is 20.4 Å². The Labute approximate surface area is 107 Å². The first-order chi connectivity index (χ1) is 8.83. The normalized spacial score (nSPS) is 27.5. The monoisotopic (exact) mass is 252 g/mol. The van der Waals surface area contributed by atoms with Crippen LogP contribution < -0.4 is 5.32 Å². The molecule has 2 aliphatic heterocycles. The van der Waals surface area contributed by atoms with E-state index in [0.717, 1.165) is 51.5 Å². The van der Waals surface area contributed by atoms with Crippen LogP contribution in [0.3, 0.4) is 0 Å². The molecule has 2 aliphatic rings. The Morgan fingerprint density at radius 1 is 1.33 bits per heavy atom. The van der Waals surface area contributed by atoms with E-state index in [2.05, 4.69) is 27.4 Å². The molecule has 6 heteroatoms. The van der Waals surface area contributed by atoms with E-state index in [1.165, 1.54) is 0 Å². The molecule has 3 heterocycles. The zero-order valence-corrected chi connectivity index (χ0v) is 10.8. The molecule has 0 aliphatic carbocycles. The van der Waals surface area contributed by atoms with Crippen molar-refractivity contribution < 1.29 is 9.26 Å². The lowest BCUT2D eigenvalue weighted by molar-refractivity contribution is -0.0264. The van der Waals surface area contributed by atoms with E-state index < -0.39 is 0 Å². The van der Waals surface area contributed by atoms with Gasteiger partial charge in [0.1, 0.15) is 6.10 Å². The predicted octanol–water partition coefficient (Wildman–Crippen LogP) is 0.540. The molecule has 1 aromatic rings. The number of nitrogens with one attached hydrogen (secondary N) is 1. The first kappa shape index (κ1) is 12.1. The van der Waals surface area contributed by atoms with E-state index in [9.17, 15) is 0 Å². The molecule has 18 heavy (non-hydrogen) atoms. The van der Waals surface area contributed by atoms with Crippen LogP contribution in [0.25, 0.3) is 0 Å². The quantitative estimate of drug-likeness (QED) is 0.829. The lowest BCUT2D eigenvalue weighted by Crippen LogP contribution is -2.35. The zero-order valence-electron chi connectivity index (χ0n) is 10.8. The smallest absolute Gasteiger partial charge is 0.229 e. The number of likely N-dealkylation sites (N-methyl/N-ethyl adjacent to an activating group) is 1. The number of morpholine rings is 1. The zero-order chi connectivity index (χ0) is 12.4. The van der Waals surface area contributed by atoms with Crippen LogP contribution >= 0.6 is 0 Å². The van der Waals surface area contributed by atoms with Crippen LogP contribution in [0.1, 0.15) is 36.6 Å². The van der Waals surface area contributed by atoms with E-state index >= 15 is 0 Å². The van der Waals surface area contributed by atoms with Gasteiger partial charge in [0, 0.05) is 19.0 Å². The summed E-state index contributed by atoms with van der Waals surface area (Å²) in [7, 11) is 2.09. The number of hydrogen-bond donors (Lipinski definition) is 1. The summed E-state index contributed by atoms with van der Waals surface area (Å²) < 4.78 is 11.1. The highest BCUT2D eigenvalue weighted by Gasteiger charge is 2.27.